The zero-order valence-electron chi connectivity index (χ0n) is 6.25. The molecule has 1 rings (SSSR count). The number of cyclic esters (lactones) is 2. The fourth-order valence-corrected chi connectivity index (χ4v) is 0.946. The first-order valence-electron chi connectivity index (χ1n) is 3.33. The summed E-state index contributed by atoms with van der Waals surface area (Å²) in [4.78, 5) is 31.0. The Bertz CT molecular complexity index is 265. The predicted molar refractivity (Wildman–Crippen MR) is 43.1 cm³/mol. The molecular weight excluding hydrogens is 221 g/mol. The van der Waals surface area contributed by atoms with Crippen molar-refractivity contribution >= 4 is 41.0 Å². The first-order chi connectivity index (χ1) is 6.00. The van der Waals surface area contributed by atoms with Gasteiger partial charge in [0.05, 0.1) is 6.42 Å². The first kappa shape index (κ1) is 10.3. The van der Waals surface area contributed by atoms with Crippen LogP contribution in [0.25, 0.3) is 0 Å². The third-order valence-corrected chi connectivity index (χ3v) is 1.78. The molecule has 1 saturated heterocycles. The lowest BCUT2D eigenvalue weighted by atomic mass is 10.2. The van der Waals surface area contributed by atoms with Crippen molar-refractivity contribution in [3.05, 3.63) is 0 Å². The smallest absolute Gasteiger partial charge is 0.336 e. The average molecular weight is 226 g/mol. The SMILES string of the molecule is O=C1C[C@H](NC(=O)C(Cl)Cl)C(=O)O1. The summed E-state index contributed by atoms with van der Waals surface area (Å²) in [6.45, 7) is 0. The van der Waals surface area contributed by atoms with Gasteiger partial charge in [-0.15, -0.1) is 0 Å². The molecule has 72 valence electrons. The van der Waals surface area contributed by atoms with Crippen LogP contribution in [0, 0.1) is 0 Å². The molecule has 1 atom stereocenters. The monoisotopic (exact) mass is 225 g/mol. The molecular formula is C6H5Cl2NO4. The molecule has 1 heterocycles. The number of rotatable bonds is 2. The summed E-state index contributed by atoms with van der Waals surface area (Å²) in [6.07, 6.45) is -0.176. The lowest BCUT2D eigenvalue weighted by Gasteiger charge is -2.07. The maximum atomic E-state index is 10.9. The molecule has 0 aliphatic carbocycles. The minimum atomic E-state index is -1.26. The zero-order chi connectivity index (χ0) is 10.0. The highest BCUT2D eigenvalue weighted by molar-refractivity contribution is 6.53. The van der Waals surface area contributed by atoms with Crippen LogP contribution in [0.1, 0.15) is 6.42 Å². The van der Waals surface area contributed by atoms with Gasteiger partial charge in [0.25, 0.3) is 5.91 Å². The quantitative estimate of drug-likeness (QED) is 0.400. The van der Waals surface area contributed by atoms with Crippen molar-refractivity contribution in [1.82, 2.24) is 5.32 Å². The van der Waals surface area contributed by atoms with E-state index in [0.29, 0.717) is 0 Å². The topological polar surface area (TPSA) is 72.5 Å². The van der Waals surface area contributed by atoms with E-state index in [1.807, 2.05) is 0 Å². The van der Waals surface area contributed by atoms with Gasteiger partial charge < -0.3 is 10.1 Å². The number of alkyl halides is 2. The molecule has 0 aromatic rings. The normalized spacial score (nSPS) is 21.9. The van der Waals surface area contributed by atoms with Crippen molar-refractivity contribution in [1.29, 1.82) is 0 Å². The molecule has 7 heteroatoms. The van der Waals surface area contributed by atoms with Crippen molar-refractivity contribution in [2.24, 2.45) is 0 Å². The van der Waals surface area contributed by atoms with E-state index in [1.165, 1.54) is 0 Å². The number of hydrogen-bond donors (Lipinski definition) is 1. The summed E-state index contributed by atoms with van der Waals surface area (Å²) in [7, 11) is 0. The second kappa shape index (κ2) is 3.93. The number of amides is 1. The fourth-order valence-electron chi connectivity index (χ4n) is 0.820. The lowest BCUT2D eigenvalue weighted by Crippen LogP contribution is -2.40. The largest absolute Gasteiger partial charge is 0.392 e. The van der Waals surface area contributed by atoms with Crippen LogP contribution in [0.2, 0.25) is 0 Å². The molecule has 5 nitrogen and oxygen atoms in total. The van der Waals surface area contributed by atoms with Gasteiger partial charge in [0.15, 0.2) is 4.84 Å². The summed E-state index contributed by atoms with van der Waals surface area (Å²) in [6, 6.07) is -0.958. The highest BCUT2D eigenvalue weighted by Gasteiger charge is 2.35. The van der Waals surface area contributed by atoms with E-state index < -0.39 is 28.7 Å². The molecule has 0 bridgehead atoms. The minimum Gasteiger partial charge on any atom is -0.392 e. The second-order valence-electron chi connectivity index (χ2n) is 2.36. The van der Waals surface area contributed by atoms with Crippen LogP contribution in [0.15, 0.2) is 0 Å². The minimum absolute atomic E-state index is 0.176. The summed E-state index contributed by atoms with van der Waals surface area (Å²) >= 11 is 10.4. The van der Waals surface area contributed by atoms with E-state index in [2.05, 4.69) is 10.1 Å². The second-order valence-corrected chi connectivity index (χ2v) is 3.46. The van der Waals surface area contributed by atoms with Crippen LogP contribution >= 0.6 is 23.2 Å². The number of hydrogen-bond acceptors (Lipinski definition) is 4. The Balaban J connectivity index is 2.51. The van der Waals surface area contributed by atoms with Gasteiger partial charge in [-0.05, 0) is 0 Å². The number of carbonyl (C=O) groups is 3. The molecule has 13 heavy (non-hydrogen) atoms. The van der Waals surface area contributed by atoms with Gasteiger partial charge in [-0.1, -0.05) is 23.2 Å². The van der Waals surface area contributed by atoms with Crippen LogP contribution in [-0.2, 0) is 19.1 Å². The van der Waals surface area contributed by atoms with Crippen LogP contribution in [-0.4, -0.2) is 28.7 Å². The fraction of sp³-hybridized carbons (Fsp3) is 0.500. The molecule has 0 saturated carbocycles. The van der Waals surface area contributed by atoms with Gasteiger partial charge in [-0.25, -0.2) is 4.79 Å². The number of ether oxygens (including phenoxy) is 1. The maximum absolute atomic E-state index is 10.9. The molecule has 1 fully saturated rings. The van der Waals surface area contributed by atoms with Crippen LogP contribution < -0.4 is 5.32 Å². The molecule has 0 radical (unpaired) electrons. The van der Waals surface area contributed by atoms with E-state index in [0.717, 1.165) is 0 Å². The molecule has 1 aliphatic rings. The third-order valence-electron chi connectivity index (χ3n) is 1.38. The lowest BCUT2D eigenvalue weighted by molar-refractivity contribution is -0.153. The molecule has 0 aromatic heterocycles. The Morgan fingerprint density at radius 1 is 1.54 bits per heavy atom. The Morgan fingerprint density at radius 2 is 2.15 bits per heavy atom. The standard InChI is InChI=1S/C6H5Cl2NO4/c7-4(8)5(11)9-2-1-3(10)13-6(2)12/h2,4H,1H2,(H,9,11)/t2-/m0/s1. The van der Waals surface area contributed by atoms with Crippen molar-refractivity contribution in [2.45, 2.75) is 17.3 Å². The van der Waals surface area contributed by atoms with Crippen molar-refractivity contribution in [3.63, 3.8) is 0 Å². The van der Waals surface area contributed by atoms with E-state index in [-0.39, 0.29) is 6.42 Å². The number of nitrogens with one attached hydrogen (secondary N) is 1. The summed E-state index contributed by atoms with van der Waals surface area (Å²) < 4.78 is 4.18. The van der Waals surface area contributed by atoms with Crippen LogP contribution in [0.4, 0.5) is 0 Å². The van der Waals surface area contributed by atoms with Gasteiger partial charge in [-0.2, -0.15) is 0 Å². The molecule has 1 amide bonds. The summed E-state index contributed by atoms with van der Waals surface area (Å²) in [5, 5.41) is 2.16. The van der Waals surface area contributed by atoms with Crippen LogP contribution in [0.5, 0.6) is 0 Å². The Kier molecular flexibility index (Phi) is 3.11. The number of carbonyl (C=O) groups excluding carboxylic acids is 3. The number of esters is 2. The first-order valence-corrected chi connectivity index (χ1v) is 4.21. The Hall–Kier alpha value is -0.810. The Labute approximate surface area is 83.3 Å². The number of halogens is 2. The average Bonchev–Trinajstić information content (AvgIpc) is 2.30. The maximum Gasteiger partial charge on any atom is 0.336 e. The van der Waals surface area contributed by atoms with Gasteiger partial charge in [0.2, 0.25) is 0 Å². The van der Waals surface area contributed by atoms with Crippen molar-refractivity contribution in [3.8, 4) is 0 Å². The molecule has 1 N–H and O–H groups in total. The third kappa shape index (κ3) is 2.57. The van der Waals surface area contributed by atoms with Gasteiger partial charge in [0, 0.05) is 0 Å². The van der Waals surface area contributed by atoms with E-state index in [1.54, 1.807) is 0 Å². The Morgan fingerprint density at radius 3 is 2.54 bits per heavy atom. The van der Waals surface area contributed by atoms with Crippen LogP contribution in [0.3, 0.4) is 0 Å². The predicted octanol–water partition coefficient (Wildman–Crippen LogP) is -0.252. The molecule has 0 unspecified atom stereocenters. The highest BCUT2D eigenvalue weighted by atomic mass is 35.5. The van der Waals surface area contributed by atoms with Gasteiger partial charge >= 0.3 is 11.9 Å². The van der Waals surface area contributed by atoms with Crippen molar-refractivity contribution < 1.29 is 19.1 Å². The van der Waals surface area contributed by atoms with Gasteiger partial charge in [-0.3, -0.25) is 9.59 Å². The molecule has 1 aliphatic heterocycles. The molecule has 0 spiro atoms. The van der Waals surface area contributed by atoms with E-state index in [9.17, 15) is 14.4 Å². The highest BCUT2D eigenvalue weighted by Crippen LogP contribution is 2.09. The van der Waals surface area contributed by atoms with E-state index in [4.69, 9.17) is 23.2 Å². The van der Waals surface area contributed by atoms with Gasteiger partial charge in [0.1, 0.15) is 6.04 Å². The molecule has 0 aromatic carbocycles. The van der Waals surface area contributed by atoms with E-state index >= 15 is 0 Å². The van der Waals surface area contributed by atoms with Crippen molar-refractivity contribution in [2.75, 3.05) is 0 Å². The summed E-state index contributed by atoms with van der Waals surface area (Å²) in [5.41, 5.74) is 0. The zero-order valence-corrected chi connectivity index (χ0v) is 7.76. The summed E-state index contributed by atoms with van der Waals surface area (Å²) in [5.74, 6) is -2.18.